The van der Waals surface area contributed by atoms with E-state index in [0.29, 0.717) is 12.6 Å². The predicted octanol–water partition coefficient (Wildman–Crippen LogP) is 4.53. The van der Waals surface area contributed by atoms with Crippen LogP contribution in [0.1, 0.15) is 25.0 Å². The summed E-state index contributed by atoms with van der Waals surface area (Å²) in [5, 5.41) is 3.41. The molecule has 2 rings (SSSR count). The van der Waals surface area contributed by atoms with Gasteiger partial charge in [0.1, 0.15) is 6.61 Å². The molecule has 0 aliphatic carbocycles. The number of nitrogens with one attached hydrogen (secondary N) is 1. The maximum absolute atomic E-state index is 5.99. The third-order valence-corrected chi connectivity index (χ3v) is 4.16. The van der Waals surface area contributed by atoms with Crippen molar-refractivity contribution in [1.29, 1.82) is 0 Å². The van der Waals surface area contributed by atoms with Crippen molar-refractivity contribution in [1.82, 2.24) is 5.32 Å². The zero-order valence-corrected chi connectivity index (χ0v) is 14.8. The topological polar surface area (TPSA) is 30.5 Å². The van der Waals surface area contributed by atoms with Crippen LogP contribution in [-0.2, 0) is 13.2 Å². The van der Waals surface area contributed by atoms with Crippen molar-refractivity contribution >= 4 is 15.9 Å². The summed E-state index contributed by atoms with van der Waals surface area (Å²) in [4.78, 5) is 0. The SMILES string of the molecule is COc1ccc(CNC(C)C)c(Br)c1OCc1ccccc1. The average Bonchev–Trinajstić information content (AvgIpc) is 2.53. The molecule has 22 heavy (non-hydrogen) atoms. The second-order valence-electron chi connectivity index (χ2n) is 5.38. The van der Waals surface area contributed by atoms with Gasteiger partial charge in [0, 0.05) is 12.6 Å². The molecule has 0 bridgehead atoms. The largest absolute Gasteiger partial charge is 0.493 e. The van der Waals surface area contributed by atoms with Gasteiger partial charge < -0.3 is 14.8 Å². The van der Waals surface area contributed by atoms with Gasteiger partial charge in [0.05, 0.1) is 11.6 Å². The number of halogens is 1. The van der Waals surface area contributed by atoms with Crippen molar-refractivity contribution in [2.75, 3.05) is 7.11 Å². The Morgan fingerprint density at radius 3 is 2.45 bits per heavy atom. The van der Waals surface area contributed by atoms with E-state index in [4.69, 9.17) is 9.47 Å². The summed E-state index contributed by atoms with van der Waals surface area (Å²) in [5.41, 5.74) is 2.28. The number of hydrogen-bond donors (Lipinski definition) is 1. The molecular formula is C18H22BrNO2. The fourth-order valence-corrected chi connectivity index (χ4v) is 2.64. The van der Waals surface area contributed by atoms with Crippen molar-refractivity contribution in [3.63, 3.8) is 0 Å². The van der Waals surface area contributed by atoms with Crippen molar-refractivity contribution in [3.05, 3.63) is 58.1 Å². The quantitative estimate of drug-likeness (QED) is 0.783. The van der Waals surface area contributed by atoms with Crippen LogP contribution in [0.2, 0.25) is 0 Å². The fourth-order valence-electron chi connectivity index (χ4n) is 2.05. The second-order valence-corrected chi connectivity index (χ2v) is 6.17. The van der Waals surface area contributed by atoms with E-state index in [2.05, 4.69) is 35.1 Å². The van der Waals surface area contributed by atoms with Crippen LogP contribution in [0.25, 0.3) is 0 Å². The Morgan fingerprint density at radius 2 is 1.82 bits per heavy atom. The van der Waals surface area contributed by atoms with Gasteiger partial charge in [-0.3, -0.25) is 0 Å². The Balaban J connectivity index is 2.18. The van der Waals surface area contributed by atoms with Gasteiger partial charge in [0.25, 0.3) is 0 Å². The molecule has 0 radical (unpaired) electrons. The van der Waals surface area contributed by atoms with E-state index in [1.807, 2.05) is 42.5 Å². The first kappa shape index (κ1) is 16.8. The predicted molar refractivity (Wildman–Crippen MR) is 93.4 cm³/mol. The molecule has 0 spiro atoms. The molecule has 2 aromatic rings. The van der Waals surface area contributed by atoms with Crippen molar-refractivity contribution in [2.24, 2.45) is 0 Å². The minimum Gasteiger partial charge on any atom is -0.493 e. The molecule has 118 valence electrons. The molecule has 0 aromatic heterocycles. The van der Waals surface area contributed by atoms with E-state index in [1.165, 1.54) is 0 Å². The Hall–Kier alpha value is -1.52. The Bertz CT molecular complexity index is 600. The van der Waals surface area contributed by atoms with Gasteiger partial charge in [0.15, 0.2) is 11.5 Å². The number of rotatable bonds is 7. The monoisotopic (exact) mass is 363 g/mol. The molecule has 0 aliphatic heterocycles. The molecule has 0 fully saturated rings. The zero-order chi connectivity index (χ0) is 15.9. The van der Waals surface area contributed by atoms with E-state index < -0.39 is 0 Å². The lowest BCUT2D eigenvalue weighted by Crippen LogP contribution is -2.22. The van der Waals surface area contributed by atoms with Crippen LogP contribution < -0.4 is 14.8 Å². The minimum absolute atomic E-state index is 0.433. The van der Waals surface area contributed by atoms with Crippen LogP contribution in [0.15, 0.2) is 46.9 Å². The van der Waals surface area contributed by atoms with Gasteiger partial charge in [-0.1, -0.05) is 50.2 Å². The van der Waals surface area contributed by atoms with E-state index in [9.17, 15) is 0 Å². The summed E-state index contributed by atoms with van der Waals surface area (Å²) in [6.07, 6.45) is 0. The highest BCUT2D eigenvalue weighted by molar-refractivity contribution is 9.10. The van der Waals surface area contributed by atoms with Gasteiger partial charge in [-0.2, -0.15) is 0 Å². The second kappa shape index (κ2) is 8.20. The molecule has 0 atom stereocenters. The summed E-state index contributed by atoms with van der Waals surface area (Å²) in [5.74, 6) is 1.48. The van der Waals surface area contributed by atoms with Gasteiger partial charge in [-0.05, 0) is 33.1 Å². The highest BCUT2D eigenvalue weighted by Crippen LogP contribution is 2.38. The summed E-state index contributed by atoms with van der Waals surface area (Å²) in [6, 6.07) is 14.5. The standard InChI is InChI=1S/C18H22BrNO2/c1-13(2)20-11-15-9-10-16(21-3)18(17(15)19)22-12-14-7-5-4-6-8-14/h4-10,13,20H,11-12H2,1-3H3. The normalized spacial score (nSPS) is 10.8. The third kappa shape index (κ3) is 4.49. The maximum atomic E-state index is 5.99. The van der Waals surface area contributed by atoms with Gasteiger partial charge in [-0.25, -0.2) is 0 Å². The molecule has 0 amide bonds. The summed E-state index contributed by atoms with van der Waals surface area (Å²) >= 11 is 3.65. The number of hydrogen-bond acceptors (Lipinski definition) is 3. The maximum Gasteiger partial charge on any atom is 0.176 e. The average molecular weight is 364 g/mol. The summed E-state index contributed by atoms with van der Waals surface area (Å²) in [7, 11) is 1.66. The van der Waals surface area contributed by atoms with Crippen molar-refractivity contribution < 1.29 is 9.47 Å². The molecule has 4 heteroatoms. The van der Waals surface area contributed by atoms with Crippen LogP contribution >= 0.6 is 15.9 Å². The lowest BCUT2D eigenvalue weighted by atomic mass is 10.2. The molecule has 0 aliphatic rings. The molecule has 1 N–H and O–H groups in total. The number of ether oxygens (including phenoxy) is 2. The van der Waals surface area contributed by atoms with Crippen LogP contribution in [0.5, 0.6) is 11.5 Å². The molecule has 0 heterocycles. The van der Waals surface area contributed by atoms with Crippen molar-refractivity contribution in [3.8, 4) is 11.5 Å². The Morgan fingerprint density at radius 1 is 1.09 bits per heavy atom. The summed E-state index contributed by atoms with van der Waals surface area (Å²) in [6.45, 7) is 5.55. The fraction of sp³-hybridized carbons (Fsp3) is 0.333. The van der Waals surface area contributed by atoms with Crippen LogP contribution in [0.4, 0.5) is 0 Å². The number of benzene rings is 2. The lowest BCUT2D eigenvalue weighted by Gasteiger charge is -2.16. The van der Waals surface area contributed by atoms with Crippen LogP contribution in [-0.4, -0.2) is 13.2 Å². The third-order valence-electron chi connectivity index (χ3n) is 3.29. The van der Waals surface area contributed by atoms with Crippen molar-refractivity contribution in [2.45, 2.75) is 33.0 Å². The van der Waals surface area contributed by atoms with Crippen LogP contribution in [0.3, 0.4) is 0 Å². The van der Waals surface area contributed by atoms with E-state index >= 15 is 0 Å². The lowest BCUT2D eigenvalue weighted by molar-refractivity contribution is 0.282. The highest BCUT2D eigenvalue weighted by atomic mass is 79.9. The van der Waals surface area contributed by atoms with Crippen LogP contribution in [0, 0.1) is 0 Å². The molecular weight excluding hydrogens is 342 g/mol. The van der Waals surface area contributed by atoms with Gasteiger partial charge >= 0.3 is 0 Å². The zero-order valence-electron chi connectivity index (χ0n) is 13.2. The minimum atomic E-state index is 0.433. The molecule has 2 aromatic carbocycles. The Labute approximate surface area is 140 Å². The molecule has 3 nitrogen and oxygen atoms in total. The first-order valence-corrected chi connectivity index (χ1v) is 8.16. The summed E-state index contributed by atoms with van der Waals surface area (Å²) < 4.78 is 12.4. The van der Waals surface area contributed by atoms with E-state index in [1.54, 1.807) is 7.11 Å². The molecule has 0 unspecified atom stereocenters. The smallest absolute Gasteiger partial charge is 0.176 e. The van der Waals surface area contributed by atoms with E-state index in [0.717, 1.165) is 33.6 Å². The molecule has 0 saturated carbocycles. The first-order chi connectivity index (χ1) is 10.6. The van der Waals surface area contributed by atoms with Gasteiger partial charge in [0.2, 0.25) is 0 Å². The van der Waals surface area contributed by atoms with Gasteiger partial charge in [-0.15, -0.1) is 0 Å². The highest BCUT2D eigenvalue weighted by Gasteiger charge is 2.14. The molecule has 0 saturated heterocycles. The number of methoxy groups -OCH3 is 1. The first-order valence-electron chi connectivity index (χ1n) is 7.37. The van der Waals surface area contributed by atoms with E-state index in [-0.39, 0.29) is 0 Å². The Kier molecular flexibility index (Phi) is 6.28.